The Morgan fingerprint density at radius 2 is 1.91 bits per heavy atom. The molecule has 2 aromatic heterocycles. The van der Waals surface area contributed by atoms with Gasteiger partial charge in [0.2, 0.25) is 10.0 Å². The molecule has 3 aromatic rings. The Morgan fingerprint density at radius 3 is 2.57 bits per heavy atom. The third-order valence-corrected chi connectivity index (χ3v) is 6.16. The molecule has 0 fully saturated rings. The van der Waals surface area contributed by atoms with Crippen molar-refractivity contribution in [3.8, 4) is 21.8 Å². The van der Waals surface area contributed by atoms with E-state index in [0.29, 0.717) is 16.3 Å². The smallest absolute Gasteiger partial charge is 0.243 e. The highest BCUT2D eigenvalue weighted by atomic mass is 32.2. The molecule has 0 saturated heterocycles. The van der Waals surface area contributed by atoms with Crippen LogP contribution in [0.2, 0.25) is 0 Å². The molecule has 120 valence electrons. The molecule has 0 spiro atoms. The van der Waals surface area contributed by atoms with E-state index in [2.05, 4.69) is 10.1 Å². The second-order valence-corrected chi connectivity index (χ2v) is 8.10. The van der Waals surface area contributed by atoms with E-state index in [9.17, 15) is 8.42 Å². The van der Waals surface area contributed by atoms with Gasteiger partial charge in [-0.15, -0.1) is 11.3 Å². The average molecular weight is 349 g/mol. The number of sulfonamides is 1. The van der Waals surface area contributed by atoms with Crippen LogP contribution in [-0.4, -0.2) is 37.0 Å². The molecule has 0 radical (unpaired) electrons. The third kappa shape index (κ3) is 2.80. The summed E-state index contributed by atoms with van der Waals surface area (Å²) < 4.78 is 31.2. The van der Waals surface area contributed by atoms with Gasteiger partial charge < -0.3 is 4.52 Å². The zero-order valence-corrected chi connectivity index (χ0v) is 14.5. The highest BCUT2D eigenvalue weighted by Gasteiger charge is 2.23. The lowest BCUT2D eigenvalue weighted by atomic mass is 10.2. The summed E-state index contributed by atoms with van der Waals surface area (Å²) in [6, 6.07) is 6.87. The van der Waals surface area contributed by atoms with E-state index in [0.717, 1.165) is 11.3 Å². The van der Waals surface area contributed by atoms with Crippen molar-refractivity contribution in [2.24, 2.45) is 0 Å². The summed E-state index contributed by atoms with van der Waals surface area (Å²) in [5, 5.41) is 6.26. The fourth-order valence-electron chi connectivity index (χ4n) is 2.13. The molecule has 3 rings (SSSR count). The van der Waals surface area contributed by atoms with E-state index in [1.54, 1.807) is 30.5 Å². The molecule has 0 N–H and O–H groups in total. The van der Waals surface area contributed by atoms with Gasteiger partial charge in [-0.2, -0.15) is 0 Å². The Labute approximate surface area is 138 Å². The van der Waals surface area contributed by atoms with Crippen molar-refractivity contribution in [2.75, 3.05) is 14.1 Å². The maximum Gasteiger partial charge on any atom is 0.243 e. The molecule has 2 heterocycles. The minimum absolute atomic E-state index is 0.243. The predicted molar refractivity (Wildman–Crippen MR) is 88.7 cm³/mol. The number of nitrogens with zero attached hydrogens (tertiary/aromatic N) is 3. The van der Waals surface area contributed by atoms with Crippen molar-refractivity contribution in [1.82, 2.24) is 14.4 Å². The number of aryl methyl sites for hydroxylation is 1. The average Bonchev–Trinajstić information content (AvgIpc) is 3.15. The molecule has 0 atom stereocenters. The van der Waals surface area contributed by atoms with Crippen molar-refractivity contribution in [1.29, 1.82) is 0 Å². The summed E-state index contributed by atoms with van der Waals surface area (Å²) in [4.78, 5) is 4.80. The first-order valence-corrected chi connectivity index (χ1v) is 9.12. The monoisotopic (exact) mass is 349 g/mol. The molecule has 6 nitrogen and oxygen atoms in total. The summed E-state index contributed by atoms with van der Waals surface area (Å²) in [7, 11) is -0.512. The van der Waals surface area contributed by atoms with Crippen molar-refractivity contribution in [3.05, 3.63) is 41.6 Å². The van der Waals surface area contributed by atoms with Gasteiger partial charge in [-0.05, 0) is 13.0 Å². The summed E-state index contributed by atoms with van der Waals surface area (Å²) in [6.45, 7) is 1.81. The second kappa shape index (κ2) is 5.88. The first kappa shape index (κ1) is 15.9. The minimum atomic E-state index is -3.54. The standard InChI is InChI=1S/C15H15N3O3S2/c1-10-12(8-16-21-10)13-9-22-15(17-13)11-6-4-5-7-14(11)23(19,20)18(2)3/h4-9H,1-3H3. The molecule has 0 saturated carbocycles. The third-order valence-electron chi connectivity index (χ3n) is 3.41. The van der Waals surface area contributed by atoms with Crippen LogP contribution in [-0.2, 0) is 10.0 Å². The molecule has 23 heavy (non-hydrogen) atoms. The van der Waals surface area contributed by atoms with Crippen molar-refractivity contribution in [3.63, 3.8) is 0 Å². The largest absolute Gasteiger partial charge is 0.361 e. The van der Waals surface area contributed by atoms with Crippen LogP contribution in [0, 0.1) is 6.92 Å². The Kier molecular flexibility index (Phi) is 4.05. The molecule has 8 heteroatoms. The van der Waals surface area contributed by atoms with Crippen molar-refractivity contribution in [2.45, 2.75) is 11.8 Å². The van der Waals surface area contributed by atoms with Gasteiger partial charge in [0, 0.05) is 25.0 Å². The Morgan fingerprint density at radius 1 is 1.17 bits per heavy atom. The summed E-state index contributed by atoms with van der Waals surface area (Å²) in [6.07, 6.45) is 1.61. The molecule has 0 bridgehead atoms. The molecule has 1 aromatic carbocycles. The predicted octanol–water partition coefficient (Wildman–Crippen LogP) is 3.02. The molecule has 0 amide bonds. The fourth-order valence-corrected chi connectivity index (χ4v) is 4.14. The summed E-state index contributed by atoms with van der Waals surface area (Å²) >= 11 is 1.39. The lowest BCUT2D eigenvalue weighted by Crippen LogP contribution is -2.22. The van der Waals surface area contributed by atoms with Gasteiger partial charge >= 0.3 is 0 Å². The van der Waals surface area contributed by atoms with Crippen LogP contribution < -0.4 is 0 Å². The first-order chi connectivity index (χ1) is 10.9. The second-order valence-electron chi connectivity index (χ2n) is 5.12. The quantitative estimate of drug-likeness (QED) is 0.723. The van der Waals surface area contributed by atoms with E-state index in [4.69, 9.17) is 4.52 Å². The Hall–Kier alpha value is -2.03. The summed E-state index contributed by atoms with van der Waals surface area (Å²) in [5.41, 5.74) is 2.12. The van der Waals surface area contributed by atoms with Crippen LogP contribution in [0.15, 0.2) is 45.3 Å². The number of aromatic nitrogens is 2. The van der Waals surface area contributed by atoms with Crippen LogP contribution in [0.5, 0.6) is 0 Å². The topological polar surface area (TPSA) is 76.3 Å². The molecular weight excluding hydrogens is 334 g/mol. The Balaban J connectivity index is 2.11. The molecule has 0 aliphatic rings. The van der Waals surface area contributed by atoms with Crippen molar-refractivity contribution >= 4 is 21.4 Å². The highest BCUT2D eigenvalue weighted by Crippen LogP contribution is 2.34. The lowest BCUT2D eigenvalue weighted by Gasteiger charge is -2.13. The number of hydrogen-bond acceptors (Lipinski definition) is 6. The van der Waals surface area contributed by atoms with E-state index < -0.39 is 10.0 Å². The fraction of sp³-hybridized carbons (Fsp3) is 0.200. The normalized spacial score (nSPS) is 12.0. The van der Waals surface area contributed by atoms with Crippen LogP contribution >= 0.6 is 11.3 Å². The van der Waals surface area contributed by atoms with E-state index >= 15 is 0 Å². The van der Waals surface area contributed by atoms with Gasteiger partial charge in [-0.3, -0.25) is 0 Å². The van der Waals surface area contributed by atoms with Crippen molar-refractivity contribution < 1.29 is 12.9 Å². The SMILES string of the molecule is Cc1oncc1-c1csc(-c2ccccc2S(=O)(=O)N(C)C)n1. The van der Waals surface area contributed by atoms with Gasteiger partial charge in [0.15, 0.2) is 0 Å². The lowest BCUT2D eigenvalue weighted by molar-refractivity contribution is 0.398. The van der Waals surface area contributed by atoms with Crippen LogP contribution in [0.1, 0.15) is 5.76 Å². The number of hydrogen-bond donors (Lipinski definition) is 0. The van der Waals surface area contributed by atoms with Gasteiger partial charge in [0.25, 0.3) is 0 Å². The number of benzene rings is 1. The molecule has 0 aliphatic heterocycles. The summed E-state index contributed by atoms with van der Waals surface area (Å²) in [5.74, 6) is 0.677. The van der Waals surface area contributed by atoms with E-state index in [1.165, 1.54) is 29.7 Å². The van der Waals surface area contributed by atoms with Gasteiger partial charge in [-0.25, -0.2) is 17.7 Å². The maximum atomic E-state index is 12.5. The van der Waals surface area contributed by atoms with E-state index in [-0.39, 0.29) is 4.90 Å². The zero-order valence-electron chi connectivity index (χ0n) is 12.8. The van der Waals surface area contributed by atoms with E-state index in [1.807, 2.05) is 12.3 Å². The maximum absolute atomic E-state index is 12.5. The van der Waals surface area contributed by atoms with Crippen LogP contribution in [0.3, 0.4) is 0 Å². The van der Waals surface area contributed by atoms with Gasteiger partial charge in [0.05, 0.1) is 22.3 Å². The minimum Gasteiger partial charge on any atom is -0.361 e. The number of thiazole rings is 1. The molecule has 0 unspecified atom stereocenters. The van der Waals surface area contributed by atoms with Gasteiger partial charge in [0.1, 0.15) is 10.8 Å². The zero-order chi connectivity index (χ0) is 16.6. The molecule has 0 aliphatic carbocycles. The molecular formula is C15H15N3O3S2. The number of rotatable bonds is 4. The van der Waals surface area contributed by atoms with Gasteiger partial charge in [-0.1, -0.05) is 23.4 Å². The van der Waals surface area contributed by atoms with Crippen LogP contribution in [0.25, 0.3) is 21.8 Å². The Bertz CT molecular complexity index is 942. The highest BCUT2D eigenvalue weighted by molar-refractivity contribution is 7.89. The van der Waals surface area contributed by atoms with Crippen LogP contribution in [0.4, 0.5) is 0 Å². The first-order valence-electron chi connectivity index (χ1n) is 6.80.